The number of aryl methyl sites for hydroxylation is 1. The average molecular weight is 503 g/mol. The molecule has 0 amide bonds. The van der Waals surface area contributed by atoms with Gasteiger partial charge in [0.1, 0.15) is 0 Å². The van der Waals surface area contributed by atoms with E-state index in [9.17, 15) is 0 Å². The Morgan fingerprint density at radius 2 is 1.83 bits per heavy atom. The van der Waals surface area contributed by atoms with Crippen molar-refractivity contribution in [2.75, 3.05) is 0 Å². The van der Waals surface area contributed by atoms with E-state index in [-0.39, 0.29) is 25.5 Å². The van der Waals surface area contributed by atoms with E-state index in [0.29, 0.717) is 0 Å². The zero-order valence-electron chi connectivity index (χ0n) is 15.4. The molecule has 1 aromatic heterocycles. The molecule has 0 spiro atoms. The van der Waals surface area contributed by atoms with Gasteiger partial charge in [0.15, 0.2) is 0 Å². The van der Waals surface area contributed by atoms with Crippen LogP contribution in [0.25, 0.3) is 11.3 Å². The molecule has 127 valence electrons. The third-order valence-electron chi connectivity index (χ3n) is 3.84. The largest absolute Gasteiger partial charge is 0.305 e. The van der Waals surface area contributed by atoms with E-state index in [4.69, 9.17) is 4.98 Å². The molecule has 0 aliphatic rings. The fraction of sp³-hybridized carbons (Fsp3) is 0.450. The summed E-state index contributed by atoms with van der Waals surface area (Å²) in [6, 6.07) is 11.8. The maximum Gasteiger partial charge on any atom is 0.0798 e. The molecule has 3 heteroatoms. The van der Waals surface area contributed by atoms with Crippen LogP contribution < -0.4 is 5.19 Å². The summed E-state index contributed by atoms with van der Waals surface area (Å²) in [5, 5.41) is 1.49. The normalized spacial score (nSPS) is 12.0. The Hall–Kier alpha value is -0.764. The second kappa shape index (κ2) is 7.42. The Labute approximate surface area is 156 Å². The number of hydrogen-bond acceptors (Lipinski definition) is 1. The summed E-state index contributed by atoms with van der Waals surface area (Å²) < 4.78 is 0. The number of rotatable bonds is 3. The maximum atomic E-state index is 4.77. The fourth-order valence-electron chi connectivity index (χ4n) is 2.82. The van der Waals surface area contributed by atoms with E-state index in [2.05, 4.69) is 71.7 Å². The van der Waals surface area contributed by atoms with Crippen molar-refractivity contribution in [3.05, 3.63) is 47.7 Å². The van der Waals surface area contributed by atoms with Crippen molar-refractivity contribution in [3.63, 3.8) is 0 Å². The van der Waals surface area contributed by atoms with Crippen LogP contribution in [-0.4, -0.2) is 13.1 Å². The van der Waals surface area contributed by atoms with E-state index in [1.165, 1.54) is 16.3 Å². The fourth-order valence-corrected chi connectivity index (χ4v) is 4.40. The second-order valence-corrected chi connectivity index (χ2v) is 13.5. The molecular weight excluding hydrogens is 475 g/mol. The van der Waals surface area contributed by atoms with Crippen LogP contribution in [0, 0.1) is 18.4 Å². The van der Waals surface area contributed by atoms with Gasteiger partial charge in [-0.15, -0.1) is 35.4 Å². The van der Waals surface area contributed by atoms with Crippen LogP contribution in [0.3, 0.4) is 0 Å². The first-order valence-corrected chi connectivity index (χ1v) is 11.5. The van der Waals surface area contributed by atoms with Crippen LogP contribution in [0.2, 0.25) is 19.6 Å². The number of aromatic nitrogens is 1. The molecule has 0 atom stereocenters. The average Bonchev–Trinajstić information content (AvgIpc) is 2.35. The van der Waals surface area contributed by atoms with E-state index in [0.717, 1.165) is 17.7 Å². The Morgan fingerprint density at radius 3 is 2.35 bits per heavy atom. The first-order chi connectivity index (χ1) is 10.1. The van der Waals surface area contributed by atoms with E-state index in [1.54, 1.807) is 0 Å². The molecule has 0 aliphatic heterocycles. The summed E-state index contributed by atoms with van der Waals surface area (Å²) in [6.07, 6.45) is 3.22. The quantitative estimate of drug-likeness (QED) is 0.426. The topological polar surface area (TPSA) is 12.9 Å². The summed E-state index contributed by atoms with van der Waals surface area (Å²) >= 11 is 0. The van der Waals surface area contributed by atoms with Gasteiger partial charge >= 0.3 is 0 Å². The third-order valence-corrected chi connectivity index (χ3v) is 5.91. The van der Waals surface area contributed by atoms with Gasteiger partial charge in [-0.1, -0.05) is 59.0 Å². The molecule has 1 radical (unpaired) electrons. The van der Waals surface area contributed by atoms with Crippen LogP contribution in [0.5, 0.6) is 0 Å². The minimum atomic E-state index is -1.39. The van der Waals surface area contributed by atoms with Gasteiger partial charge in [-0.3, -0.25) is 0 Å². The Balaban J connectivity index is 0.00000264. The summed E-state index contributed by atoms with van der Waals surface area (Å²) in [4.78, 5) is 4.77. The molecule has 1 heterocycles. The Morgan fingerprint density at radius 1 is 1.17 bits per heavy atom. The van der Waals surface area contributed by atoms with Crippen molar-refractivity contribution in [2.45, 2.75) is 53.8 Å². The molecule has 0 aliphatic carbocycles. The minimum Gasteiger partial charge on any atom is -0.305 e. The van der Waals surface area contributed by atoms with Gasteiger partial charge in [-0.2, -0.15) is 0 Å². The first kappa shape index (κ1) is 20.3. The monoisotopic (exact) mass is 503 g/mol. The zero-order valence-corrected chi connectivity index (χ0v) is 18.8. The SMILES string of the molecule is Cc1ccc[c-]c1-c1cc(CC(C)(C)C)c([Si](C)(C)C)cn1.[Ir]. The number of hydrogen-bond donors (Lipinski definition) is 0. The van der Waals surface area contributed by atoms with Gasteiger partial charge in [-0.25, -0.2) is 0 Å². The van der Waals surface area contributed by atoms with Gasteiger partial charge in [0, 0.05) is 26.3 Å². The Bertz CT molecular complexity index is 666. The second-order valence-electron chi connectivity index (χ2n) is 8.44. The molecular formula is C20H28IrNSi-. The minimum absolute atomic E-state index is 0. The van der Waals surface area contributed by atoms with Crippen LogP contribution in [0.15, 0.2) is 30.5 Å². The van der Waals surface area contributed by atoms with Crippen molar-refractivity contribution in [3.8, 4) is 11.3 Å². The predicted molar refractivity (Wildman–Crippen MR) is 99.4 cm³/mol. The molecule has 1 aromatic carbocycles. The molecule has 0 N–H and O–H groups in total. The molecule has 23 heavy (non-hydrogen) atoms. The van der Waals surface area contributed by atoms with Gasteiger partial charge in [0.05, 0.1) is 8.07 Å². The van der Waals surface area contributed by atoms with Crippen molar-refractivity contribution >= 4 is 13.3 Å². The summed E-state index contributed by atoms with van der Waals surface area (Å²) in [7, 11) is -1.39. The standard InChI is InChI=1S/C20H28NSi.Ir/c1-15-10-8-9-11-17(15)18-12-16(13-20(2,3)4)19(14-21-18)22(5,6)7;/h8-10,12,14H,13H2,1-7H3;/q-1;. The molecule has 0 bridgehead atoms. The van der Waals surface area contributed by atoms with E-state index < -0.39 is 8.07 Å². The molecule has 0 saturated heterocycles. The van der Waals surface area contributed by atoms with Crippen molar-refractivity contribution in [1.29, 1.82) is 0 Å². The molecule has 2 rings (SSSR count). The predicted octanol–water partition coefficient (Wildman–Crippen LogP) is 4.99. The van der Waals surface area contributed by atoms with Gasteiger partial charge in [0.25, 0.3) is 0 Å². The number of benzene rings is 1. The van der Waals surface area contributed by atoms with Crippen molar-refractivity contribution < 1.29 is 20.1 Å². The first-order valence-electron chi connectivity index (χ1n) is 8.05. The Kier molecular flexibility index (Phi) is 6.54. The maximum absolute atomic E-state index is 4.77. The van der Waals surface area contributed by atoms with Crippen molar-refractivity contribution in [1.82, 2.24) is 4.98 Å². The number of pyridine rings is 1. The van der Waals surface area contributed by atoms with Crippen molar-refractivity contribution in [2.24, 2.45) is 5.41 Å². The van der Waals surface area contributed by atoms with E-state index in [1.807, 2.05) is 12.1 Å². The molecule has 0 unspecified atom stereocenters. The number of nitrogens with zero attached hydrogens (tertiary/aromatic N) is 1. The van der Waals surface area contributed by atoms with Gasteiger partial charge < -0.3 is 4.98 Å². The van der Waals surface area contributed by atoms with Gasteiger partial charge in [-0.05, 0) is 22.7 Å². The molecule has 0 saturated carbocycles. The summed E-state index contributed by atoms with van der Waals surface area (Å²) in [5.74, 6) is 0. The summed E-state index contributed by atoms with van der Waals surface area (Å²) in [6.45, 7) is 16.2. The summed E-state index contributed by atoms with van der Waals surface area (Å²) in [5.41, 5.74) is 5.16. The van der Waals surface area contributed by atoms with Crippen LogP contribution in [0.4, 0.5) is 0 Å². The zero-order chi connectivity index (χ0) is 16.5. The van der Waals surface area contributed by atoms with Crippen LogP contribution in [-0.2, 0) is 26.5 Å². The van der Waals surface area contributed by atoms with Crippen LogP contribution >= 0.6 is 0 Å². The van der Waals surface area contributed by atoms with E-state index >= 15 is 0 Å². The molecule has 2 aromatic rings. The molecule has 0 fully saturated rings. The van der Waals surface area contributed by atoms with Crippen LogP contribution in [0.1, 0.15) is 31.9 Å². The van der Waals surface area contributed by atoms with Gasteiger partial charge in [0.2, 0.25) is 0 Å². The molecule has 1 nitrogen and oxygen atoms in total. The smallest absolute Gasteiger partial charge is 0.0798 e. The third kappa shape index (κ3) is 5.37.